The molecule has 75 heavy (non-hydrogen) atoms. The van der Waals surface area contributed by atoms with Gasteiger partial charge in [0.05, 0.1) is 27.5 Å². The Balaban J connectivity index is 0.938. The largest absolute Gasteiger partial charge is 0.309 e. The molecule has 0 radical (unpaired) electrons. The predicted octanol–water partition coefficient (Wildman–Crippen LogP) is 17.1. The average molecular weight is 954 g/mol. The second-order valence-corrected chi connectivity index (χ2v) is 19.8. The molecule has 0 atom stereocenters. The van der Waals surface area contributed by atoms with Gasteiger partial charge in [-0.1, -0.05) is 231 Å². The molecule has 3 aromatic heterocycles. The van der Waals surface area contributed by atoms with Crippen molar-refractivity contribution in [1.29, 1.82) is 0 Å². The van der Waals surface area contributed by atoms with Gasteiger partial charge in [-0.3, -0.25) is 4.57 Å². The third kappa shape index (κ3) is 5.92. The van der Waals surface area contributed by atoms with Crippen molar-refractivity contribution in [2.45, 2.75) is 5.41 Å². The molecule has 0 aliphatic heterocycles. The fourth-order valence-corrected chi connectivity index (χ4v) is 12.9. The quantitative estimate of drug-likeness (QED) is 0.167. The molecule has 0 amide bonds. The van der Waals surface area contributed by atoms with Gasteiger partial charge in [-0.05, 0) is 91.5 Å². The molecule has 0 bridgehead atoms. The fraction of sp³-hybridized carbons (Fsp3) is 0.0143. The van der Waals surface area contributed by atoms with Crippen molar-refractivity contribution in [3.63, 3.8) is 0 Å². The number of benzene rings is 11. The zero-order valence-electron chi connectivity index (χ0n) is 40.6. The Kier molecular flexibility index (Phi) is 8.89. The SMILES string of the molecule is c1ccc(-c2ccc(-c3nc(-c4cccc(-n5c6ccccc6c6ccc7c(c65)-c5ccccc5C75c6ccccc6-c6ccccc65)c4)nc(-n4c5ccccc5c5c(-c6ccccc6)cccc54)n3)cc2)cc1. The van der Waals surface area contributed by atoms with Crippen molar-refractivity contribution >= 4 is 43.6 Å². The Morgan fingerprint density at radius 1 is 0.293 bits per heavy atom. The van der Waals surface area contributed by atoms with Crippen LogP contribution in [0.2, 0.25) is 0 Å². The molecular formula is C70H43N5. The first-order valence-electron chi connectivity index (χ1n) is 25.7. The number of rotatable bonds is 6. The van der Waals surface area contributed by atoms with E-state index in [1.807, 2.05) is 0 Å². The van der Waals surface area contributed by atoms with Crippen LogP contribution in [0, 0.1) is 0 Å². The fourth-order valence-electron chi connectivity index (χ4n) is 12.9. The first kappa shape index (κ1) is 41.6. The van der Waals surface area contributed by atoms with E-state index in [2.05, 4.69) is 270 Å². The topological polar surface area (TPSA) is 48.5 Å². The summed E-state index contributed by atoms with van der Waals surface area (Å²) in [6.45, 7) is 0. The lowest BCUT2D eigenvalue weighted by molar-refractivity contribution is 0.794. The van der Waals surface area contributed by atoms with Crippen LogP contribution < -0.4 is 0 Å². The maximum atomic E-state index is 5.50. The maximum Gasteiger partial charge on any atom is 0.238 e. The summed E-state index contributed by atoms with van der Waals surface area (Å²) in [5, 5.41) is 4.71. The Hall–Kier alpha value is -9.97. The normalized spacial score (nSPS) is 12.9. The molecule has 0 saturated carbocycles. The van der Waals surface area contributed by atoms with Crippen LogP contribution in [-0.4, -0.2) is 24.1 Å². The van der Waals surface area contributed by atoms with Gasteiger partial charge in [0.2, 0.25) is 5.95 Å². The van der Waals surface area contributed by atoms with Crippen LogP contribution in [0.4, 0.5) is 0 Å². The van der Waals surface area contributed by atoms with Crippen molar-refractivity contribution in [2.75, 3.05) is 0 Å². The smallest absolute Gasteiger partial charge is 0.238 e. The molecule has 5 heteroatoms. The van der Waals surface area contributed by atoms with E-state index in [4.69, 9.17) is 15.0 Å². The Morgan fingerprint density at radius 3 is 1.52 bits per heavy atom. The Bertz CT molecular complexity index is 4600. The highest BCUT2D eigenvalue weighted by Gasteiger charge is 2.52. The van der Waals surface area contributed by atoms with E-state index in [1.54, 1.807) is 0 Å². The number of para-hydroxylation sites is 2. The van der Waals surface area contributed by atoms with Crippen LogP contribution in [-0.2, 0) is 5.41 Å². The molecule has 0 N–H and O–H groups in total. The van der Waals surface area contributed by atoms with Crippen molar-refractivity contribution in [2.24, 2.45) is 0 Å². The lowest BCUT2D eigenvalue weighted by atomic mass is 9.70. The zero-order chi connectivity index (χ0) is 49.2. The highest BCUT2D eigenvalue weighted by Crippen LogP contribution is 2.64. The summed E-state index contributed by atoms with van der Waals surface area (Å²) in [6, 6.07) is 94.4. The van der Waals surface area contributed by atoms with E-state index in [0.29, 0.717) is 17.6 Å². The predicted molar refractivity (Wildman–Crippen MR) is 307 cm³/mol. The van der Waals surface area contributed by atoms with Gasteiger partial charge in [-0.25, -0.2) is 4.98 Å². The van der Waals surface area contributed by atoms with E-state index in [0.717, 1.165) is 66.4 Å². The molecule has 14 aromatic rings. The number of hydrogen-bond donors (Lipinski definition) is 0. The number of fused-ring (bicyclic) bond motifs is 17. The van der Waals surface area contributed by atoms with Crippen LogP contribution in [0.25, 0.3) is 123 Å². The molecule has 0 fully saturated rings. The van der Waals surface area contributed by atoms with Crippen LogP contribution in [0.5, 0.6) is 0 Å². The Morgan fingerprint density at radius 2 is 0.800 bits per heavy atom. The number of hydrogen-bond acceptors (Lipinski definition) is 3. The first-order chi connectivity index (χ1) is 37.2. The third-order valence-electron chi connectivity index (χ3n) is 16.0. The minimum absolute atomic E-state index is 0.470. The molecule has 0 unspecified atom stereocenters. The van der Waals surface area contributed by atoms with Gasteiger partial charge < -0.3 is 4.57 Å². The second kappa shape index (κ2) is 16.0. The summed E-state index contributed by atoms with van der Waals surface area (Å²) in [5.74, 6) is 1.74. The maximum absolute atomic E-state index is 5.50. The van der Waals surface area contributed by atoms with Gasteiger partial charge in [-0.2, -0.15) is 9.97 Å². The first-order valence-corrected chi connectivity index (χ1v) is 25.7. The van der Waals surface area contributed by atoms with Crippen LogP contribution in [0.15, 0.2) is 261 Å². The number of aromatic nitrogens is 5. The monoisotopic (exact) mass is 953 g/mol. The van der Waals surface area contributed by atoms with Crippen molar-refractivity contribution in [1.82, 2.24) is 24.1 Å². The van der Waals surface area contributed by atoms with Crippen LogP contribution in [0.3, 0.4) is 0 Å². The van der Waals surface area contributed by atoms with Crippen LogP contribution in [0.1, 0.15) is 22.3 Å². The standard InChI is InChI=1S/C70H43N5/c1-3-19-44(20-4-1)45-37-39-47(40-38-45)67-71-68(73-69(72-67)75-62-35-16-11-29-56(62)64-50(30-18-36-63(64)75)46-21-5-2-6-22-46)48-23-17-24-49(43-48)74-61-34-15-10-27-53(61)54-41-42-60-65(66(54)74)55-28-9-14-33-59(55)70(60)57-31-12-7-25-51(57)52-26-8-13-32-58(52)70/h1-43H. The molecule has 2 aliphatic carbocycles. The lowest BCUT2D eigenvalue weighted by Gasteiger charge is -2.30. The minimum Gasteiger partial charge on any atom is -0.309 e. The molecule has 3 heterocycles. The van der Waals surface area contributed by atoms with Gasteiger partial charge in [0.25, 0.3) is 0 Å². The van der Waals surface area contributed by atoms with Gasteiger partial charge in [-0.15, -0.1) is 0 Å². The van der Waals surface area contributed by atoms with Crippen LogP contribution >= 0.6 is 0 Å². The summed E-state index contributed by atoms with van der Waals surface area (Å²) in [5.41, 5.74) is 21.7. The average Bonchev–Trinajstić information content (AvgIpc) is 4.40. The Labute approximate surface area is 433 Å². The molecule has 2 aliphatic rings. The second-order valence-electron chi connectivity index (χ2n) is 19.8. The van der Waals surface area contributed by atoms with Crippen molar-refractivity contribution in [3.05, 3.63) is 283 Å². The highest BCUT2D eigenvalue weighted by atomic mass is 15.2. The van der Waals surface area contributed by atoms with Crippen molar-refractivity contribution < 1.29 is 0 Å². The zero-order valence-corrected chi connectivity index (χ0v) is 40.6. The summed E-state index contributed by atoms with van der Waals surface area (Å²) < 4.78 is 4.70. The van der Waals surface area contributed by atoms with E-state index >= 15 is 0 Å². The lowest BCUT2D eigenvalue weighted by Crippen LogP contribution is -2.25. The molecular weight excluding hydrogens is 911 g/mol. The van der Waals surface area contributed by atoms with Gasteiger partial charge in [0.15, 0.2) is 11.6 Å². The van der Waals surface area contributed by atoms with Gasteiger partial charge in [0.1, 0.15) is 0 Å². The molecule has 0 saturated heterocycles. The van der Waals surface area contributed by atoms with E-state index < -0.39 is 5.41 Å². The third-order valence-corrected chi connectivity index (χ3v) is 16.0. The van der Waals surface area contributed by atoms with Gasteiger partial charge in [0, 0.05) is 43.9 Å². The summed E-state index contributed by atoms with van der Waals surface area (Å²) in [6.07, 6.45) is 0. The molecule has 348 valence electrons. The highest BCUT2D eigenvalue weighted by molar-refractivity contribution is 6.17. The molecule has 5 nitrogen and oxygen atoms in total. The van der Waals surface area contributed by atoms with E-state index in [9.17, 15) is 0 Å². The minimum atomic E-state index is -0.470. The van der Waals surface area contributed by atoms with Gasteiger partial charge >= 0.3 is 0 Å². The van der Waals surface area contributed by atoms with E-state index in [-0.39, 0.29) is 0 Å². The van der Waals surface area contributed by atoms with Crippen molar-refractivity contribution in [3.8, 4) is 78.9 Å². The molecule has 1 spiro atoms. The number of nitrogens with zero attached hydrogens (tertiary/aromatic N) is 5. The summed E-state index contributed by atoms with van der Waals surface area (Å²) >= 11 is 0. The summed E-state index contributed by atoms with van der Waals surface area (Å²) in [4.78, 5) is 16.3. The van der Waals surface area contributed by atoms with E-state index in [1.165, 1.54) is 60.8 Å². The molecule has 11 aromatic carbocycles. The molecule has 16 rings (SSSR count). The summed E-state index contributed by atoms with van der Waals surface area (Å²) in [7, 11) is 0.